The normalized spacial score (nSPS) is 11.5. The molecular weight excluding hydrogens is 172 g/mol. The topological polar surface area (TPSA) is 9.23 Å². The average Bonchev–Trinajstić information content (AvgIpc) is 2.01. The van der Waals surface area contributed by atoms with Gasteiger partial charge in [-0.3, -0.25) is 0 Å². The molecule has 0 fully saturated rings. The Morgan fingerprint density at radius 3 is 2.00 bits per heavy atom. The number of benzene rings is 1. The van der Waals surface area contributed by atoms with Gasteiger partial charge in [0.1, 0.15) is 5.75 Å². The highest BCUT2D eigenvalue weighted by molar-refractivity contribution is 5.39. The molecule has 0 unspecified atom stereocenters. The summed E-state index contributed by atoms with van der Waals surface area (Å²) in [6.45, 7) is 11.5. The van der Waals surface area contributed by atoms with Gasteiger partial charge in [-0.2, -0.15) is 0 Å². The molecule has 0 radical (unpaired) electrons. The molecule has 0 aliphatic rings. The van der Waals surface area contributed by atoms with Crippen LogP contribution in [0, 0.1) is 19.3 Å². The van der Waals surface area contributed by atoms with Crippen LogP contribution in [-0.4, -0.2) is 6.61 Å². The highest BCUT2D eigenvalue weighted by atomic mass is 16.5. The van der Waals surface area contributed by atoms with Crippen LogP contribution in [0.15, 0.2) is 18.2 Å². The summed E-state index contributed by atoms with van der Waals surface area (Å²) < 4.78 is 5.83. The van der Waals surface area contributed by atoms with Crippen molar-refractivity contribution in [1.29, 1.82) is 0 Å². The van der Waals surface area contributed by atoms with Gasteiger partial charge in [0, 0.05) is 0 Å². The molecule has 0 atom stereocenters. The smallest absolute Gasteiger partial charge is 0.125 e. The molecule has 0 saturated heterocycles. The van der Waals surface area contributed by atoms with Gasteiger partial charge in [-0.15, -0.1) is 0 Å². The standard InChI is InChI=1S/C13H20O/c1-10-7-6-8-11(2)12(10)14-9-13(3,4)5/h6-8H,9H2,1-5H3. The second-order valence-electron chi connectivity index (χ2n) is 5.07. The third-order valence-electron chi connectivity index (χ3n) is 2.06. The van der Waals surface area contributed by atoms with E-state index in [1.807, 2.05) is 0 Å². The number of hydrogen-bond donors (Lipinski definition) is 0. The van der Waals surface area contributed by atoms with Crippen molar-refractivity contribution in [3.05, 3.63) is 29.3 Å². The molecule has 0 spiro atoms. The third kappa shape index (κ3) is 3.06. The van der Waals surface area contributed by atoms with Crippen molar-refractivity contribution in [2.75, 3.05) is 6.61 Å². The van der Waals surface area contributed by atoms with Gasteiger partial charge in [-0.05, 0) is 30.4 Å². The van der Waals surface area contributed by atoms with Gasteiger partial charge >= 0.3 is 0 Å². The van der Waals surface area contributed by atoms with E-state index >= 15 is 0 Å². The number of ether oxygens (including phenoxy) is 1. The van der Waals surface area contributed by atoms with E-state index in [0.29, 0.717) is 0 Å². The van der Waals surface area contributed by atoms with Crippen LogP contribution in [0.2, 0.25) is 0 Å². The predicted molar refractivity (Wildman–Crippen MR) is 60.9 cm³/mol. The fourth-order valence-corrected chi connectivity index (χ4v) is 1.32. The van der Waals surface area contributed by atoms with E-state index in [-0.39, 0.29) is 5.41 Å². The van der Waals surface area contributed by atoms with Gasteiger partial charge in [0.25, 0.3) is 0 Å². The minimum absolute atomic E-state index is 0.217. The number of rotatable bonds is 2. The van der Waals surface area contributed by atoms with Gasteiger partial charge in [-0.25, -0.2) is 0 Å². The lowest BCUT2D eigenvalue weighted by Crippen LogP contribution is -2.17. The molecule has 0 aromatic heterocycles. The maximum Gasteiger partial charge on any atom is 0.125 e. The summed E-state index contributed by atoms with van der Waals surface area (Å²) in [5, 5.41) is 0. The fourth-order valence-electron chi connectivity index (χ4n) is 1.32. The summed E-state index contributed by atoms with van der Waals surface area (Å²) in [6, 6.07) is 6.24. The zero-order valence-electron chi connectivity index (χ0n) is 9.85. The molecular formula is C13H20O. The van der Waals surface area contributed by atoms with Crippen LogP contribution < -0.4 is 4.74 Å². The quantitative estimate of drug-likeness (QED) is 0.693. The lowest BCUT2D eigenvalue weighted by molar-refractivity contribution is 0.196. The molecule has 14 heavy (non-hydrogen) atoms. The molecule has 1 rings (SSSR count). The highest BCUT2D eigenvalue weighted by Crippen LogP contribution is 2.24. The summed E-state index contributed by atoms with van der Waals surface area (Å²) in [7, 11) is 0. The number of para-hydroxylation sites is 1. The monoisotopic (exact) mass is 192 g/mol. The van der Waals surface area contributed by atoms with Crippen LogP contribution in [0.3, 0.4) is 0 Å². The summed E-state index contributed by atoms with van der Waals surface area (Å²) >= 11 is 0. The zero-order valence-corrected chi connectivity index (χ0v) is 9.85. The molecule has 0 saturated carbocycles. The maximum absolute atomic E-state index is 5.83. The second kappa shape index (κ2) is 4.04. The van der Waals surface area contributed by atoms with Crippen molar-refractivity contribution in [1.82, 2.24) is 0 Å². The summed E-state index contributed by atoms with van der Waals surface area (Å²) in [4.78, 5) is 0. The first-order chi connectivity index (χ1) is 6.40. The van der Waals surface area contributed by atoms with Crippen molar-refractivity contribution >= 4 is 0 Å². The van der Waals surface area contributed by atoms with Gasteiger partial charge in [0.2, 0.25) is 0 Å². The van der Waals surface area contributed by atoms with Crippen LogP contribution in [0.25, 0.3) is 0 Å². The van der Waals surface area contributed by atoms with E-state index < -0.39 is 0 Å². The van der Waals surface area contributed by atoms with Gasteiger partial charge in [0.05, 0.1) is 6.61 Å². The molecule has 0 aliphatic heterocycles. The molecule has 0 heterocycles. The SMILES string of the molecule is Cc1cccc(C)c1OCC(C)(C)C. The molecule has 1 aromatic carbocycles. The first kappa shape index (κ1) is 11.1. The largest absolute Gasteiger partial charge is 0.492 e. The Morgan fingerprint density at radius 1 is 1.07 bits per heavy atom. The molecule has 0 aliphatic carbocycles. The Hall–Kier alpha value is -0.980. The molecule has 78 valence electrons. The van der Waals surface area contributed by atoms with Crippen molar-refractivity contribution < 1.29 is 4.74 Å². The van der Waals surface area contributed by atoms with E-state index in [9.17, 15) is 0 Å². The molecule has 0 amide bonds. The lowest BCUT2D eigenvalue weighted by atomic mass is 9.98. The average molecular weight is 192 g/mol. The van der Waals surface area contributed by atoms with Crippen LogP contribution in [0.1, 0.15) is 31.9 Å². The Bertz CT molecular complexity index is 287. The van der Waals surface area contributed by atoms with Crippen molar-refractivity contribution in [3.63, 3.8) is 0 Å². The van der Waals surface area contributed by atoms with Crippen LogP contribution >= 0.6 is 0 Å². The van der Waals surface area contributed by atoms with E-state index in [1.54, 1.807) is 0 Å². The molecule has 1 nitrogen and oxygen atoms in total. The highest BCUT2D eigenvalue weighted by Gasteiger charge is 2.12. The lowest BCUT2D eigenvalue weighted by Gasteiger charge is -2.20. The Labute approximate surface area is 87.1 Å². The molecule has 1 aromatic rings. The Kier molecular flexibility index (Phi) is 3.20. The van der Waals surface area contributed by atoms with Gasteiger partial charge < -0.3 is 4.74 Å². The van der Waals surface area contributed by atoms with Crippen molar-refractivity contribution in [2.24, 2.45) is 5.41 Å². The van der Waals surface area contributed by atoms with Gasteiger partial charge in [-0.1, -0.05) is 39.0 Å². The van der Waals surface area contributed by atoms with Crippen LogP contribution in [0.4, 0.5) is 0 Å². The minimum atomic E-state index is 0.217. The van der Waals surface area contributed by atoms with Crippen molar-refractivity contribution in [3.8, 4) is 5.75 Å². The maximum atomic E-state index is 5.83. The molecule has 0 bridgehead atoms. The first-order valence-electron chi connectivity index (χ1n) is 5.09. The van der Waals surface area contributed by atoms with E-state index in [4.69, 9.17) is 4.74 Å². The molecule has 1 heteroatoms. The number of hydrogen-bond acceptors (Lipinski definition) is 1. The zero-order chi connectivity index (χ0) is 10.8. The fraction of sp³-hybridized carbons (Fsp3) is 0.538. The first-order valence-corrected chi connectivity index (χ1v) is 5.09. The Balaban J connectivity index is 2.77. The number of aryl methyl sites for hydroxylation is 2. The summed E-state index contributed by atoms with van der Waals surface area (Å²) in [5.74, 6) is 1.04. The summed E-state index contributed by atoms with van der Waals surface area (Å²) in [6.07, 6.45) is 0. The van der Waals surface area contributed by atoms with E-state index in [2.05, 4.69) is 52.8 Å². The minimum Gasteiger partial charge on any atom is -0.492 e. The third-order valence-corrected chi connectivity index (χ3v) is 2.06. The van der Waals surface area contributed by atoms with E-state index in [0.717, 1.165) is 12.4 Å². The second-order valence-corrected chi connectivity index (χ2v) is 5.07. The van der Waals surface area contributed by atoms with E-state index in [1.165, 1.54) is 11.1 Å². The van der Waals surface area contributed by atoms with Crippen molar-refractivity contribution in [2.45, 2.75) is 34.6 Å². The van der Waals surface area contributed by atoms with Crippen LogP contribution in [-0.2, 0) is 0 Å². The van der Waals surface area contributed by atoms with Crippen LogP contribution in [0.5, 0.6) is 5.75 Å². The Morgan fingerprint density at radius 2 is 1.57 bits per heavy atom. The van der Waals surface area contributed by atoms with Gasteiger partial charge in [0.15, 0.2) is 0 Å². The molecule has 0 N–H and O–H groups in total. The summed E-state index contributed by atoms with van der Waals surface area (Å²) in [5.41, 5.74) is 2.65. The predicted octanol–water partition coefficient (Wildman–Crippen LogP) is 3.73.